The molecule has 0 radical (unpaired) electrons. The molecule has 0 aromatic carbocycles. The van der Waals surface area contributed by atoms with Crippen LogP contribution in [0.15, 0.2) is 16.5 Å². The molecule has 2 rings (SSSR count). The van der Waals surface area contributed by atoms with Crippen molar-refractivity contribution in [2.75, 3.05) is 0 Å². The molecule has 0 amide bonds. The number of tetrazole rings is 1. The normalized spacial score (nSPS) is 10.4. The van der Waals surface area contributed by atoms with Gasteiger partial charge in [-0.25, -0.2) is 4.68 Å². The maximum Gasteiger partial charge on any atom is 0.433 e. The maximum absolute atomic E-state index is 10.3. The zero-order valence-electron chi connectivity index (χ0n) is 7.12. The Morgan fingerprint density at radius 2 is 2.36 bits per heavy atom. The van der Waals surface area contributed by atoms with Crippen LogP contribution in [0, 0.1) is 10.1 Å². The Labute approximate surface area is 77.3 Å². The van der Waals surface area contributed by atoms with Gasteiger partial charge in [0.15, 0.2) is 5.76 Å². The van der Waals surface area contributed by atoms with Crippen molar-refractivity contribution in [1.82, 2.24) is 20.2 Å². The number of nitrogens with zero attached hydrogens (tertiary/aromatic N) is 5. The highest BCUT2D eigenvalue weighted by atomic mass is 16.6. The van der Waals surface area contributed by atoms with Gasteiger partial charge < -0.3 is 4.42 Å². The van der Waals surface area contributed by atoms with Crippen molar-refractivity contribution < 1.29 is 9.34 Å². The van der Waals surface area contributed by atoms with Crippen LogP contribution in [0.5, 0.6) is 0 Å². The molecule has 0 spiro atoms. The van der Waals surface area contributed by atoms with Gasteiger partial charge in [-0.15, -0.1) is 5.10 Å². The lowest BCUT2D eigenvalue weighted by molar-refractivity contribution is -0.401. The van der Waals surface area contributed by atoms with E-state index in [4.69, 9.17) is 4.42 Å². The average molecular weight is 195 g/mol. The number of hydrogen-bond donors (Lipinski definition) is 0. The fourth-order valence-corrected chi connectivity index (χ4v) is 0.984. The molecule has 0 aliphatic carbocycles. The highest BCUT2D eigenvalue weighted by Crippen LogP contribution is 2.22. The summed E-state index contributed by atoms with van der Waals surface area (Å²) in [5, 5.41) is 20.9. The lowest BCUT2D eigenvalue weighted by Crippen LogP contribution is -1.93. The molecule has 72 valence electrons. The Hall–Kier alpha value is -2.25. The van der Waals surface area contributed by atoms with Gasteiger partial charge in [0.1, 0.15) is 4.92 Å². The lowest BCUT2D eigenvalue weighted by atomic mass is 10.4. The number of furan rings is 1. The minimum atomic E-state index is -0.618. The standard InChI is InChI=1S/C6H5N5O3/c1-10-6(7-8-9-10)4-2-3-5(14-4)11(12)13/h2-3H,1H3. The van der Waals surface area contributed by atoms with E-state index in [1.54, 1.807) is 7.05 Å². The molecule has 0 aliphatic heterocycles. The quantitative estimate of drug-likeness (QED) is 0.507. The van der Waals surface area contributed by atoms with Gasteiger partial charge >= 0.3 is 5.88 Å². The van der Waals surface area contributed by atoms with Crippen LogP contribution in [0.1, 0.15) is 0 Å². The Balaban J connectivity index is 2.43. The highest BCUT2D eigenvalue weighted by molar-refractivity contribution is 5.47. The SMILES string of the molecule is Cn1nnnc1-c1ccc([N+](=O)[O-])o1. The van der Waals surface area contributed by atoms with Gasteiger partial charge in [0, 0.05) is 7.05 Å². The zero-order chi connectivity index (χ0) is 10.1. The zero-order valence-corrected chi connectivity index (χ0v) is 7.12. The summed E-state index contributed by atoms with van der Waals surface area (Å²) in [6.45, 7) is 0. The Morgan fingerprint density at radius 1 is 1.57 bits per heavy atom. The second-order valence-corrected chi connectivity index (χ2v) is 2.52. The molecule has 2 heterocycles. The second-order valence-electron chi connectivity index (χ2n) is 2.52. The van der Waals surface area contributed by atoms with Crippen LogP contribution in [0.3, 0.4) is 0 Å². The fraction of sp³-hybridized carbons (Fsp3) is 0.167. The number of aryl methyl sites for hydroxylation is 1. The van der Waals surface area contributed by atoms with Gasteiger partial charge in [-0.05, 0) is 16.5 Å². The largest absolute Gasteiger partial charge is 0.433 e. The Kier molecular flexibility index (Phi) is 1.73. The molecule has 8 nitrogen and oxygen atoms in total. The summed E-state index contributed by atoms with van der Waals surface area (Å²) in [5.74, 6) is 0.283. The van der Waals surface area contributed by atoms with E-state index < -0.39 is 4.92 Å². The molecule has 0 unspecified atom stereocenters. The smallest absolute Gasteiger partial charge is 0.397 e. The minimum Gasteiger partial charge on any atom is -0.397 e. The predicted octanol–water partition coefficient (Wildman–Crippen LogP) is 0.378. The first-order valence-corrected chi connectivity index (χ1v) is 3.65. The topological polar surface area (TPSA) is 99.9 Å². The summed E-state index contributed by atoms with van der Waals surface area (Å²) in [7, 11) is 1.61. The average Bonchev–Trinajstić information content (AvgIpc) is 2.71. The van der Waals surface area contributed by atoms with E-state index in [9.17, 15) is 10.1 Å². The molecular weight excluding hydrogens is 190 g/mol. The molecular formula is C6H5N5O3. The summed E-state index contributed by atoms with van der Waals surface area (Å²) < 4.78 is 6.27. The van der Waals surface area contributed by atoms with Crippen molar-refractivity contribution >= 4 is 5.88 Å². The van der Waals surface area contributed by atoms with Crippen LogP contribution >= 0.6 is 0 Å². The summed E-state index contributed by atoms with van der Waals surface area (Å²) in [6.07, 6.45) is 0. The first-order chi connectivity index (χ1) is 6.68. The van der Waals surface area contributed by atoms with Gasteiger partial charge in [-0.3, -0.25) is 10.1 Å². The van der Waals surface area contributed by atoms with Gasteiger partial charge in [-0.2, -0.15) is 0 Å². The van der Waals surface area contributed by atoms with E-state index in [0.717, 1.165) is 0 Å². The summed E-state index contributed by atoms with van der Waals surface area (Å²) >= 11 is 0. The summed E-state index contributed by atoms with van der Waals surface area (Å²) in [6, 6.07) is 2.70. The van der Waals surface area contributed by atoms with Gasteiger partial charge in [0.25, 0.3) is 0 Å². The van der Waals surface area contributed by atoms with Crippen LogP contribution < -0.4 is 0 Å². The van der Waals surface area contributed by atoms with Gasteiger partial charge in [0.05, 0.1) is 6.07 Å². The van der Waals surface area contributed by atoms with Crippen LogP contribution in [0.2, 0.25) is 0 Å². The molecule has 0 N–H and O–H groups in total. The van der Waals surface area contributed by atoms with E-state index in [1.165, 1.54) is 16.8 Å². The van der Waals surface area contributed by atoms with Crippen molar-refractivity contribution in [2.45, 2.75) is 0 Å². The second kappa shape index (κ2) is 2.91. The van der Waals surface area contributed by atoms with Crippen LogP contribution in [-0.4, -0.2) is 25.1 Å². The van der Waals surface area contributed by atoms with Crippen LogP contribution in [0.25, 0.3) is 11.6 Å². The van der Waals surface area contributed by atoms with E-state index in [2.05, 4.69) is 15.5 Å². The Bertz CT molecular complexity index is 473. The first-order valence-electron chi connectivity index (χ1n) is 3.65. The molecule has 14 heavy (non-hydrogen) atoms. The summed E-state index contributed by atoms with van der Waals surface area (Å²) in [4.78, 5) is 9.70. The van der Waals surface area contributed by atoms with Crippen molar-refractivity contribution in [3.8, 4) is 11.6 Å². The monoisotopic (exact) mass is 195 g/mol. The predicted molar refractivity (Wildman–Crippen MR) is 43.2 cm³/mol. The van der Waals surface area contributed by atoms with E-state index in [-0.39, 0.29) is 11.6 Å². The highest BCUT2D eigenvalue weighted by Gasteiger charge is 2.16. The third-order valence-electron chi connectivity index (χ3n) is 1.61. The molecule has 0 fully saturated rings. The van der Waals surface area contributed by atoms with Crippen LogP contribution in [0.4, 0.5) is 5.88 Å². The number of aromatic nitrogens is 4. The maximum atomic E-state index is 10.3. The third kappa shape index (κ3) is 1.22. The minimum absolute atomic E-state index is 0.268. The number of hydrogen-bond acceptors (Lipinski definition) is 6. The lowest BCUT2D eigenvalue weighted by Gasteiger charge is -1.90. The number of rotatable bonds is 2. The Morgan fingerprint density at radius 3 is 2.86 bits per heavy atom. The van der Waals surface area contributed by atoms with Crippen LogP contribution in [-0.2, 0) is 7.05 Å². The van der Waals surface area contributed by atoms with Crippen molar-refractivity contribution in [3.05, 3.63) is 22.2 Å². The van der Waals surface area contributed by atoms with E-state index >= 15 is 0 Å². The van der Waals surface area contributed by atoms with Crippen molar-refractivity contribution in [2.24, 2.45) is 7.05 Å². The van der Waals surface area contributed by atoms with E-state index in [1.807, 2.05) is 0 Å². The molecule has 0 saturated heterocycles. The molecule has 0 saturated carbocycles. The van der Waals surface area contributed by atoms with Crippen molar-refractivity contribution in [3.63, 3.8) is 0 Å². The molecule has 8 heteroatoms. The van der Waals surface area contributed by atoms with E-state index in [0.29, 0.717) is 5.82 Å². The molecule has 0 bridgehead atoms. The fourth-order valence-electron chi connectivity index (χ4n) is 0.984. The number of nitro groups is 1. The molecule has 0 atom stereocenters. The third-order valence-corrected chi connectivity index (χ3v) is 1.61. The van der Waals surface area contributed by atoms with Crippen molar-refractivity contribution in [1.29, 1.82) is 0 Å². The van der Waals surface area contributed by atoms with Gasteiger partial charge in [-0.1, -0.05) is 0 Å². The first kappa shape index (κ1) is 8.35. The molecule has 2 aromatic rings. The summed E-state index contributed by atoms with van der Waals surface area (Å²) in [5.41, 5.74) is 0. The molecule has 0 aliphatic rings. The van der Waals surface area contributed by atoms with Gasteiger partial charge in [0.2, 0.25) is 5.82 Å². The molecule has 2 aromatic heterocycles.